The number of halogens is 1. The summed E-state index contributed by atoms with van der Waals surface area (Å²) in [5, 5.41) is 33.5. The smallest absolute Gasteiger partial charge is 0.167 e. The van der Waals surface area contributed by atoms with Gasteiger partial charge in [0, 0.05) is 5.02 Å². The minimum absolute atomic E-state index is 0.0607. The van der Waals surface area contributed by atoms with Gasteiger partial charge in [-0.15, -0.1) is 0 Å². The predicted molar refractivity (Wildman–Crippen MR) is 102 cm³/mol. The van der Waals surface area contributed by atoms with Gasteiger partial charge in [-0.2, -0.15) is 0 Å². The van der Waals surface area contributed by atoms with E-state index in [4.69, 9.17) is 16.3 Å². The molecular formula is C18H20ClN5O4. The Hall–Kier alpha value is -2.30. The lowest BCUT2D eigenvalue weighted by Gasteiger charge is -2.17. The highest BCUT2D eigenvalue weighted by molar-refractivity contribution is 6.30. The fraction of sp³-hybridized carbons (Fsp3) is 0.389. The Morgan fingerprint density at radius 1 is 1.18 bits per heavy atom. The molecule has 0 amide bonds. The number of aliphatic hydroxyl groups is 3. The van der Waals surface area contributed by atoms with Crippen molar-refractivity contribution >= 4 is 28.6 Å². The van der Waals surface area contributed by atoms with Crippen LogP contribution in [0.5, 0.6) is 0 Å². The second kappa shape index (κ2) is 7.61. The summed E-state index contributed by atoms with van der Waals surface area (Å²) >= 11 is 5.94. The third-order valence-electron chi connectivity index (χ3n) is 4.87. The first kappa shape index (κ1) is 19.0. The third kappa shape index (κ3) is 3.31. The van der Waals surface area contributed by atoms with E-state index in [9.17, 15) is 15.3 Å². The Balaban J connectivity index is 1.63. The van der Waals surface area contributed by atoms with Gasteiger partial charge in [0.05, 0.1) is 19.0 Å². The van der Waals surface area contributed by atoms with Gasteiger partial charge in [0.25, 0.3) is 0 Å². The first-order valence-electron chi connectivity index (χ1n) is 8.81. The van der Waals surface area contributed by atoms with E-state index in [1.165, 1.54) is 17.2 Å². The van der Waals surface area contributed by atoms with Crippen molar-refractivity contribution < 1.29 is 20.1 Å². The molecule has 1 aliphatic rings. The monoisotopic (exact) mass is 405 g/mol. The van der Waals surface area contributed by atoms with Crippen LogP contribution in [-0.2, 0) is 4.74 Å². The minimum Gasteiger partial charge on any atom is -0.394 e. The van der Waals surface area contributed by atoms with Crippen molar-refractivity contribution in [2.45, 2.75) is 37.5 Å². The Labute approximate surface area is 165 Å². The van der Waals surface area contributed by atoms with Crippen molar-refractivity contribution in [2.75, 3.05) is 11.9 Å². The molecule has 4 rings (SSSR count). The standard InChI is InChI=1S/C18H20ClN5O4/c1-9(10-2-4-11(19)5-3-10)23-16-13-17(21-7-20-16)24(8-22-13)18-15(27)14(26)12(6-25)28-18/h2-5,7-9,12,14-15,18,25-27H,6H2,1H3,(H,20,21,23)/t9-,12-,14?,15?,18-/m1/s1. The molecule has 0 spiro atoms. The van der Waals surface area contributed by atoms with Crippen LogP contribution < -0.4 is 5.32 Å². The molecular weight excluding hydrogens is 386 g/mol. The van der Waals surface area contributed by atoms with Gasteiger partial charge in [0.2, 0.25) is 0 Å². The molecule has 0 aliphatic carbocycles. The van der Waals surface area contributed by atoms with E-state index in [-0.39, 0.29) is 6.04 Å². The van der Waals surface area contributed by atoms with Crippen LogP contribution in [0.15, 0.2) is 36.9 Å². The number of rotatable bonds is 5. The fourth-order valence-corrected chi connectivity index (χ4v) is 3.42. The van der Waals surface area contributed by atoms with Crippen molar-refractivity contribution in [2.24, 2.45) is 0 Å². The second-order valence-corrected chi connectivity index (χ2v) is 7.13. The maximum Gasteiger partial charge on any atom is 0.167 e. The van der Waals surface area contributed by atoms with Crippen LogP contribution >= 0.6 is 11.6 Å². The molecule has 0 saturated carbocycles. The van der Waals surface area contributed by atoms with Gasteiger partial charge < -0.3 is 25.4 Å². The van der Waals surface area contributed by atoms with Crippen LogP contribution in [0.3, 0.4) is 0 Å². The number of ether oxygens (including phenoxy) is 1. The second-order valence-electron chi connectivity index (χ2n) is 6.69. The highest BCUT2D eigenvalue weighted by Gasteiger charge is 2.44. The van der Waals surface area contributed by atoms with E-state index in [0.29, 0.717) is 22.0 Å². The zero-order chi connectivity index (χ0) is 19.8. The first-order chi connectivity index (χ1) is 13.5. The van der Waals surface area contributed by atoms with Crippen LogP contribution in [0.1, 0.15) is 24.8 Å². The normalized spacial score (nSPS) is 25.9. The molecule has 148 valence electrons. The largest absolute Gasteiger partial charge is 0.394 e. The Bertz CT molecular complexity index is 966. The van der Waals surface area contributed by atoms with E-state index in [1.54, 1.807) is 0 Å². The van der Waals surface area contributed by atoms with Gasteiger partial charge in [-0.3, -0.25) is 4.57 Å². The van der Waals surface area contributed by atoms with Crippen LogP contribution in [0.2, 0.25) is 5.02 Å². The quantitative estimate of drug-likeness (QED) is 0.500. The molecule has 5 atom stereocenters. The zero-order valence-electron chi connectivity index (χ0n) is 15.0. The molecule has 9 nitrogen and oxygen atoms in total. The number of anilines is 1. The lowest BCUT2D eigenvalue weighted by molar-refractivity contribution is -0.0511. The molecule has 2 unspecified atom stereocenters. The molecule has 3 aromatic rings. The van der Waals surface area contributed by atoms with E-state index in [1.807, 2.05) is 31.2 Å². The van der Waals surface area contributed by atoms with Crippen molar-refractivity contribution in [3.05, 3.63) is 47.5 Å². The summed E-state index contributed by atoms with van der Waals surface area (Å²) in [6.07, 6.45) is -1.34. The summed E-state index contributed by atoms with van der Waals surface area (Å²) in [7, 11) is 0. The number of hydrogen-bond acceptors (Lipinski definition) is 8. The molecule has 2 aromatic heterocycles. The topological polar surface area (TPSA) is 126 Å². The number of aromatic nitrogens is 4. The molecule has 3 heterocycles. The summed E-state index contributed by atoms with van der Waals surface area (Å²) in [6.45, 7) is 1.59. The van der Waals surface area contributed by atoms with Crippen LogP contribution in [0.25, 0.3) is 11.2 Å². The molecule has 4 N–H and O–H groups in total. The zero-order valence-corrected chi connectivity index (χ0v) is 15.7. The van der Waals surface area contributed by atoms with Gasteiger partial charge >= 0.3 is 0 Å². The summed E-state index contributed by atoms with van der Waals surface area (Å²) in [5.41, 5.74) is 1.97. The lowest BCUT2D eigenvalue weighted by atomic mass is 10.1. The molecule has 0 radical (unpaired) electrons. The van der Waals surface area contributed by atoms with E-state index in [2.05, 4.69) is 20.3 Å². The van der Waals surface area contributed by atoms with Gasteiger partial charge in [0.1, 0.15) is 24.6 Å². The predicted octanol–water partition coefficient (Wildman–Crippen LogP) is 1.26. The van der Waals surface area contributed by atoms with Crippen LogP contribution in [-0.4, -0.2) is 59.8 Å². The Morgan fingerprint density at radius 2 is 1.93 bits per heavy atom. The van der Waals surface area contributed by atoms with Crippen LogP contribution in [0.4, 0.5) is 5.82 Å². The third-order valence-corrected chi connectivity index (χ3v) is 5.13. The highest BCUT2D eigenvalue weighted by Crippen LogP contribution is 2.32. The summed E-state index contributed by atoms with van der Waals surface area (Å²) < 4.78 is 7.10. The SMILES string of the molecule is C[C@@H](Nc1ncnc2c1ncn2[C@@H]1O[C@H](CO)C(O)C1O)c1ccc(Cl)cc1. The maximum atomic E-state index is 10.3. The van der Waals surface area contributed by atoms with E-state index in [0.717, 1.165) is 5.56 Å². The Morgan fingerprint density at radius 3 is 2.61 bits per heavy atom. The number of aliphatic hydroxyl groups excluding tert-OH is 3. The molecule has 1 fully saturated rings. The maximum absolute atomic E-state index is 10.3. The number of nitrogens with one attached hydrogen (secondary N) is 1. The molecule has 1 aliphatic heterocycles. The van der Waals surface area contributed by atoms with Gasteiger partial charge in [-0.25, -0.2) is 15.0 Å². The lowest BCUT2D eigenvalue weighted by Crippen LogP contribution is -2.33. The average Bonchev–Trinajstić information content (AvgIpc) is 3.24. The number of fused-ring (bicyclic) bond motifs is 1. The van der Waals surface area contributed by atoms with Gasteiger partial charge in [0.15, 0.2) is 23.2 Å². The number of benzene rings is 1. The van der Waals surface area contributed by atoms with Crippen molar-refractivity contribution in [1.29, 1.82) is 0 Å². The van der Waals surface area contributed by atoms with Crippen molar-refractivity contribution in [3.63, 3.8) is 0 Å². The van der Waals surface area contributed by atoms with Crippen LogP contribution in [0, 0.1) is 0 Å². The number of nitrogens with zero attached hydrogens (tertiary/aromatic N) is 4. The molecule has 1 aromatic carbocycles. The molecule has 0 bridgehead atoms. The van der Waals surface area contributed by atoms with E-state index >= 15 is 0 Å². The number of imidazole rings is 1. The van der Waals surface area contributed by atoms with Gasteiger partial charge in [-0.05, 0) is 24.6 Å². The summed E-state index contributed by atoms with van der Waals surface area (Å²) in [4.78, 5) is 12.9. The number of hydrogen-bond donors (Lipinski definition) is 4. The summed E-state index contributed by atoms with van der Waals surface area (Å²) in [6, 6.07) is 7.43. The fourth-order valence-electron chi connectivity index (χ4n) is 3.29. The Kier molecular flexibility index (Phi) is 5.17. The molecule has 10 heteroatoms. The average molecular weight is 406 g/mol. The summed E-state index contributed by atoms with van der Waals surface area (Å²) in [5.74, 6) is 0.526. The molecule has 28 heavy (non-hydrogen) atoms. The van der Waals surface area contributed by atoms with Crippen molar-refractivity contribution in [3.8, 4) is 0 Å². The first-order valence-corrected chi connectivity index (χ1v) is 9.19. The van der Waals surface area contributed by atoms with Crippen molar-refractivity contribution in [1.82, 2.24) is 19.5 Å². The van der Waals surface area contributed by atoms with Gasteiger partial charge in [-0.1, -0.05) is 23.7 Å². The van der Waals surface area contributed by atoms with E-state index < -0.39 is 31.1 Å². The molecule has 1 saturated heterocycles. The minimum atomic E-state index is -1.21. The highest BCUT2D eigenvalue weighted by atomic mass is 35.5.